The van der Waals surface area contributed by atoms with Crippen LogP contribution in [0.2, 0.25) is 0 Å². The minimum Gasteiger partial charge on any atom is -0.378 e. The van der Waals surface area contributed by atoms with Gasteiger partial charge in [-0.05, 0) is 31.7 Å². The number of rotatable bonds is 5. The Morgan fingerprint density at radius 3 is 2.63 bits per heavy atom. The standard InChI is InChI=1S/C18H24F2N6O/c19-12-15-5-6-26(24-15)18-22-16(21-14-3-1-13(20)2-4-14)11-17(23-18)25-7-9-27-10-8-25/h5-6,11,13-14H,1-4,7-10,12H2,(H,21,22,23). The Balaban J connectivity index is 1.61. The number of ether oxygens (including phenoxy) is 1. The molecule has 0 spiro atoms. The predicted molar refractivity (Wildman–Crippen MR) is 97.8 cm³/mol. The van der Waals surface area contributed by atoms with Crippen LogP contribution < -0.4 is 10.2 Å². The highest BCUT2D eigenvalue weighted by Crippen LogP contribution is 2.25. The van der Waals surface area contributed by atoms with Crippen molar-refractivity contribution < 1.29 is 13.5 Å². The van der Waals surface area contributed by atoms with Crippen LogP contribution in [0.3, 0.4) is 0 Å². The van der Waals surface area contributed by atoms with Crippen LogP contribution in [0.15, 0.2) is 18.3 Å². The van der Waals surface area contributed by atoms with Gasteiger partial charge in [0.1, 0.15) is 24.5 Å². The predicted octanol–water partition coefficient (Wildman–Crippen LogP) is 2.66. The summed E-state index contributed by atoms with van der Waals surface area (Å²) in [5.41, 5.74) is 0.339. The molecule has 2 fully saturated rings. The van der Waals surface area contributed by atoms with E-state index in [2.05, 4.69) is 25.3 Å². The molecule has 146 valence electrons. The summed E-state index contributed by atoms with van der Waals surface area (Å²) in [6.45, 7) is 2.16. The Morgan fingerprint density at radius 2 is 1.93 bits per heavy atom. The number of alkyl halides is 2. The van der Waals surface area contributed by atoms with Crippen LogP contribution in [0.5, 0.6) is 0 Å². The van der Waals surface area contributed by atoms with Crippen molar-refractivity contribution in [3.05, 3.63) is 24.0 Å². The zero-order chi connectivity index (χ0) is 18.6. The van der Waals surface area contributed by atoms with Gasteiger partial charge in [0.2, 0.25) is 0 Å². The third kappa shape index (κ3) is 4.35. The van der Waals surface area contributed by atoms with Crippen LogP contribution in [0.4, 0.5) is 20.4 Å². The third-order valence-corrected chi connectivity index (χ3v) is 5.03. The zero-order valence-electron chi connectivity index (χ0n) is 15.2. The first-order valence-corrected chi connectivity index (χ1v) is 9.44. The molecule has 0 radical (unpaired) electrons. The molecule has 4 rings (SSSR count). The minimum atomic E-state index is -0.698. The number of hydrogen-bond acceptors (Lipinski definition) is 6. The molecule has 0 bridgehead atoms. The second-order valence-corrected chi connectivity index (χ2v) is 6.99. The summed E-state index contributed by atoms with van der Waals surface area (Å²) < 4.78 is 33.2. The van der Waals surface area contributed by atoms with Gasteiger partial charge < -0.3 is 15.0 Å². The Labute approximate surface area is 156 Å². The highest BCUT2D eigenvalue weighted by atomic mass is 19.1. The summed E-state index contributed by atoms with van der Waals surface area (Å²) in [6, 6.07) is 3.72. The van der Waals surface area contributed by atoms with Gasteiger partial charge in [-0.2, -0.15) is 15.1 Å². The van der Waals surface area contributed by atoms with Crippen LogP contribution in [-0.4, -0.2) is 58.3 Å². The van der Waals surface area contributed by atoms with Crippen LogP contribution in [0.1, 0.15) is 31.4 Å². The quantitative estimate of drug-likeness (QED) is 0.863. The summed E-state index contributed by atoms with van der Waals surface area (Å²) in [6.07, 6.45) is 3.67. The van der Waals surface area contributed by atoms with Crippen molar-refractivity contribution in [1.29, 1.82) is 0 Å². The number of aromatic nitrogens is 4. The van der Waals surface area contributed by atoms with E-state index < -0.39 is 12.8 Å². The largest absolute Gasteiger partial charge is 0.378 e. The molecular formula is C18H24F2N6O. The fourth-order valence-corrected chi connectivity index (χ4v) is 3.50. The van der Waals surface area contributed by atoms with Gasteiger partial charge in [0.15, 0.2) is 0 Å². The molecule has 0 amide bonds. The van der Waals surface area contributed by atoms with Gasteiger partial charge >= 0.3 is 0 Å². The molecule has 1 saturated carbocycles. The molecule has 0 unspecified atom stereocenters. The van der Waals surface area contributed by atoms with Crippen LogP contribution in [0, 0.1) is 0 Å². The first-order chi connectivity index (χ1) is 13.2. The molecule has 2 aliphatic rings. The first kappa shape index (κ1) is 18.1. The average Bonchev–Trinajstić information content (AvgIpc) is 3.20. The lowest BCUT2D eigenvalue weighted by Gasteiger charge is -2.29. The topological polar surface area (TPSA) is 68.1 Å². The lowest BCUT2D eigenvalue weighted by atomic mass is 9.94. The summed E-state index contributed by atoms with van der Waals surface area (Å²) in [5, 5.41) is 7.60. The van der Waals surface area contributed by atoms with E-state index in [1.807, 2.05) is 6.07 Å². The van der Waals surface area contributed by atoms with Crippen molar-refractivity contribution in [2.24, 2.45) is 0 Å². The SMILES string of the molecule is FCc1ccn(-c2nc(NC3CCC(F)CC3)cc(N3CCOCC3)n2)n1. The van der Waals surface area contributed by atoms with E-state index in [1.165, 1.54) is 4.68 Å². The molecule has 27 heavy (non-hydrogen) atoms. The number of morpholine rings is 1. The number of halogens is 2. The van der Waals surface area contributed by atoms with E-state index in [9.17, 15) is 8.78 Å². The molecule has 3 heterocycles. The molecule has 9 heteroatoms. The maximum Gasteiger partial charge on any atom is 0.254 e. The van der Waals surface area contributed by atoms with E-state index in [-0.39, 0.29) is 6.04 Å². The van der Waals surface area contributed by atoms with E-state index in [1.54, 1.807) is 12.3 Å². The summed E-state index contributed by atoms with van der Waals surface area (Å²) in [7, 11) is 0. The number of hydrogen-bond donors (Lipinski definition) is 1. The van der Waals surface area contributed by atoms with E-state index >= 15 is 0 Å². The van der Waals surface area contributed by atoms with Crippen LogP contribution in [0.25, 0.3) is 5.95 Å². The van der Waals surface area contributed by atoms with Gasteiger partial charge in [0.05, 0.1) is 18.9 Å². The van der Waals surface area contributed by atoms with E-state index in [4.69, 9.17) is 4.74 Å². The first-order valence-electron chi connectivity index (χ1n) is 9.44. The number of anilines is 2. The maximum absolute atomic E-state index is 13.4. The summed E-state index contributed by atoms with van der Waals surface area (Å²) >= 11 is 0. The van der Waals surface area contributed by atoms with Gasteiger partial charge in [0, 0.05) is 31.4 Å². The van der Waals surface area contributed by atoms with Crippen LogP contribution in [-0.2, 0) is 11.4 Å². The van der Waals surface area contributed by atoms with Gasteiger partial charge in [0.25, 0.3) is 5.95 Å². The number of nitrogens with zero attached hydrogens (tertiary/aromatic N) is 5. The van der Waals surface area contributed by atoms with Crippen LogP contribution >= 0.6 is 0 Å². The van der Waals surface area contributed by atoms with E-state index in [0.717, 1.165) is 31.7 Å². The fourth-order valence-electron chi connectivity index (χ4n) is 3.50. The highest BCUT2D eigenvalue weighted by Gasteiger charge is 2.22. The molecule has 1 aliphatic heterocycles. The highest BCUT2D eigenvalue weighted by molar-refractivity contribution is 5.52. The summed E-state index contributed by atoms with van der Waals surface area (Å²) in [4.78, 5) is 11.3. The maximum atomic E-state index is 13.4. The molecule has 1 saturated heterocycles. The molecule has 2 aromatic heterocycles. The van der Waals surface area contributed by atoms with Gasteiger partial charge in [-0.15, -0.1) is 0 Å². The molecular weight excluding hydrogens is 354 g/mol. The Morgan fingerprint density at radius 1 is 1.15 bits per heavy atom. The second kappa shape index (κ2) is 8.16. The zero-order valence-corrected chi connectivity index (χ0v) is 15.2. The van der Waals surface area contributed by atoms with Crippen molar-refractivity contribution in [2.45, 2.75) is 44.6 Å². The molecule has 7 nitrogen and oxygen atoms in total. The van der Waals surface area contributed by atoms with Crippen molar-refractivity contribution in [1.82, 2.24) is 19.7 Å². The molecule has 1 N–H and O–H groups in total. The van der Waals surface area contributed by atoms with E-state index in [0.29, 0.717) is 43.5 Å². The Kier molecular flexibility index (Phi) is 5.47. The Bertz CT molecular complexity index is 756. The van der Waals surface area contributed by atoms with Gasteiger partial charge in [-0.3, -0.25) is 0 Å². The monoisotopic (exact) mass is 378 g/mol. The molecule has 1 aliphatic carbocycles. The smallest absolute Gasteiger partial charge is 0.254 e. The lowest BCUT2D eigenvalue weighted by Crippen LogP contribution is -2.37. The minimum absolute atomic E-state index is 0.191. The lowest BCUT2D eigenvalue weighted by molar-refractivity contribution is 0.122. The van der Waals surface area contributed by atoms with Crippen molar-refractivity contribution in [3.8, 4) is 5.95 Å². The normalized spacial score (nSPS) is 23.4. The fraction of sp³-hybridized carbons (Fsp3) is 0.611. The molecule has 2 aromatic rings. The molecule has 0 aromatic carbocycles. The second-order valence-electron chi connectivity index (χ2n) is 6.99. The van der Waals surface area contributed by atoms with Gasteiger partial charge in [-0.25, -0.2) is 13.5 Å². The number of nitrogens with one attached hydrogen (secondary N) is 1. The third-order valence-electron chi connectivity index (χ3n) is 5.03. The molecule has 0 atom stereocenters. The Hall–Kier alpha value is -2.29. The van der Waals surface area contributed by atoms with Crippen molar-refractivity contribution >= 4 is 11.6 Å². The van der Waals surface area contributed by atoms with Crippen molar-refractivity contribution in [2.75, 3.05) is 36.5 Å². The van der Waals surface area contributed by atoms with Crippen molar-refractivity contribution in [3.63, 3.8) is 0 Å². The average molecular weight is 378 g/mol. The summed E-state index contributed by atoms with van der Waals surface area (Å²) in [5.74, 6) is 1.85. The van der Waals surface area contributed by atoms with Gasteiger partial charge in [-0.1, -0.05) is 0 Å².